The highest BCUT2D eigenvalue weighted by Crippen LogP contribution is 2.32. The molecule has 0 spiro atoms. The Morgan fingerprint density at radius 1 is 0.842 bits per heavy atom. The zero-order valence-electron chi connectivity index (χ0n) is 22.1. The number of nitrogens with one attached hydrogen (secondary N) is 1. The number of rotatable bonds is 11. The zero-order chi connectivity index (χ0) is 27.9. The molecule has 10 nitrogen and oxygen atoms in total. The van der Waals surface area contributed by atoms with Gasteiger partial charge >= 0.3 is 0 Å². The van der Waals surface area contributed by atoms with Crippen molar-refractivity contribution in [3.05, 3.63) is 71.3 Å². The van der Waals surface area contributed by atoms with Crippen molar-refractivity contribution in [3.63, 3.8) is 0 Å². The maximum atomic E-state index is 13.8. The molecule has 3 rings (SSSR count). The summed E-state index contributed by atoms with van der Waals surface area (Å²) in [5.74, 6) is 1.09. The van der Waals surface area contributed by atoms with Crippen molar-refractivity contribution >= 4 is 27.8 Å². The number of hydrogen-bond donors (Lipinski definition) is 1. The van der Waals surface area contributed by atoms with E-state index in [1.807, 2.05) is 19.9 Å². The lowest BCUT2D eigenvalue weighted by atomic mass is 10.1. The molecule has 0 atom stereocenters. The van der Waals surface area contributed by atoms with Gasteiger partial charge in [-0.25, -0.2) is 13.8 Å². The van der Waals surface area contributed by atoms with Crippen molar-refractivity contribution < 1.29 is 32.2 Å². The van der Waals surface area contributed by atoms with Crippen LogP contribution in [0.15, 0.2) is 64.6 Å². The molecule has 0 unspecified atom stereocenters. The highest BCUT2D eigenvalue weighted by molar-refractivity contribution is 7.92. The molecule has 0 bridgehead atoms. The Bertz CT molecular complexity index is 1420. The molecule has 11 heteroatoms. The van der Waals surface area contributed by atoms with Crippen molar-refractivity contribution in [2.75, 3.05) is 39.3 Å². The van der Waals surface area contributed by atoms with Crippen molar-refractivity contribution in [3.8, 4) is 23.0 Å². The Kier molecular flexibility index (Phi) is 9.19. The summed E-state index contributed by atoms with van der Waals surface area (Å²) in [7, 11) is 1.73. The van der Waals surface area contributed by atoms with Gasteiger partial charge in [0.05, 0.1) is 45.2 Å². The van der Waals surface area contributed by atoms with Gasteiger partial charge in [-0.15, -0.1) is 0 Å². The molecule has 0 saturated heterocycles. The smallest absolute Gasteiger partial charge is 0.264 e. The average molecular weight is 542 g/mol. The summed E-state index contributed by atoms with van der Waals surface area (Å²) in [4.78, 5) is 12.9. The predicted molar refractivity (Wildman–Crippen MR) is 145 cm³/mol. The molecule has 3 aromatic rings. The molecule has 0 radical (unpaired) electrons. The number of benzene rings is 3. The Morgan fingerprint density at radius 3 is 2.08 bits per heavy atom. The van der Waals surface area contributed by atoms with Gasteiger partial charge in [-0.2, -0.15) is 5.10 Å². The van der Waals surface area contributed by atoms with E-state index >= 15 is 0 Å². The minimum absolute atomic E-state index is 0.0632. The Morgan fingerprint density at radius 2 is 1.47 bits per heavy atom. The van der Waals surface area contributed by atoms with Crippen molar-refractivity contribution in [2.24, 2.45) is 5.10 Å². The van der Waals surface area contributed by atoms with E-state index < -0.39 is 22.5 Å². The van der Waals surface area contributed by atoms with Gasteiger partial charge in [0.2, 0.25) is 0 Å². The quantitative estimate of drug-likeness (QED) is 0.291. The maximum Gasteiger partial charge on any atom is 0.264 e. The molecule has 0 fully saturated rings. The van der Waals surface area contributed by atoms with E-state index in [4.69, 9.17) is 18.9 Å². The van der Waals surface area contributed by atoms with Crippen LogP contribution in [0.5, 0.6) is 23.0 Å². The highest BCUT2D eigenvalue weighted by atomic mass is 32.2. The largest absolute Gasteiger partial charge is 0.497 e. The summed E-state index contributed by atoms with van der Waals surface area (Å²) in [5, 5.41) is 3.99. The molecule has 0 aromatic heterocycles. The third-order valence-corrected chi connectivity index (χ3v) is 7.32. The molecule has 38 heavy (non-hydrogen) atoms. The van der Waals surface area contributed by atoms with Crippen LogP contribution in [0, 0.1) is 13.8 Å². The summed E-state index contributed by atoms with van der Waals surface area (Å²) < 4.78 is 49.6. The number of sulfonamides is 1. The van der Waals surface area contributed by atoms with Gasteiger partial charge in [-0.3, -0.25) is 9.10 Å². The minimum atomic E-state index is -4.19. The molecular formula is C27H31N3O7S. The number of ether oxygens (including phenoxy) is 4. The molecule has 1 N–H and O–H groups in total. The Labute approximate surface area is 222 Å². The SMILES string of the molecule is COc1ccc(OC)c(C=NNC(=O)CN(c2cc(C)cc(C)c2)S(=O)(=O)c2ccc(OC)c(OC)c2)c1. The number of carbonyl (C=O) groups excluding carboxylic acids is 1. The Balaban J connectivity index is 1.94. The standard InChI is InChI=1S/C27H31N3O7S/c1-18-11-19(2)13-21(12-18)30(38(32,33)23-8-10-25(36-5)26(15-23)37-6)17-27(31)29-28-16-20-14-22(34-3)7-9-24(20)35-4/h7-16H,17H2,1-6H3,(H,29,31). The number of carbonyl (C=O) groups is 1. The molecule has 0 aliphatic rings. The van der Waals surface area contributed by atoms with Gasteiger partial charge in [0.15, 0.2) is 11.5 Å². The number of amides is 1. The lowest BCUT2D eigenvalue weighted by Crippen LogP contribution is -2.39. The van der Waals surface area contributed by atoms with E-state index in [-0.39, 0.29) is 10.6 Å². The van der Waals surface area contributed by atoms with Crippen LogP contribution in [0.3, 0.4) is 0 Å². The van der Waals surface area contributed by atoms with Crippen LogP contribution in [0.1, 0.15) is 16.7 Å². The van der Waals surface area contributed by atoms with Gasteiger partial charge < -0.3 is 18.9 Å². The third-order valence-electron chi connectivity index (χ3n) is 5.55. The number of aryl methyl sites for hydroxylation is 2. The number of methoxy groups -OCH3 is 4. The van der Waals surface area contributed by atoms with Gasteiger partial charge in [0.25, 0.3) is 15.9 Å². The fourth-order valence-electron chi connectivity index (χ4n) is 3.79. The summed E-state index contributed by atoms with van der Waals surface area (Å²) in [6, 6.07) is 14.7. The monoisotopic (exact) mass is 541 g/mol. The van der Waals surface area contributed by atoms with Crippen LogP contribution in [0.25, 0.3) is 0 Å². The average Bonchev–Trinajstić information content (AvgIpc) is 2.90. The van der Waals surface area contributed by atoms with E-state index in [9.17, 15) is 13.2 Å². The molecular weight excluding hydrogens is 510 g/mol. The first-order valence-electron chi connectivity index (χ1n) is 11.5. The maximum absolute atomic E-state index is 13.8. The summed E-state index contributed by atoms with van der Waals surface area (Å²) in [6.07, 6.45) is 1.39. The lowest BCUT2D eigenvalue weighted by Gasteiger charge is -2.25. The van der Waals surface area contributed by atoms with E-state index in [2.05, 4.69) is 10.5 Å². The molecule has 3 aromatic carbocycles. The van der Waals surface area contributed by atoms with Crippen LogP contribution >= 0.6 is 0 Å². The van der Waals surface area contributed by atoms with Gasteiger partial charge in [-0.1, -0.05) is 6.07 Å². The minimum Gasteiger partial charge on any atom is -0.497 e. The fraction of sp³-hybridized carbons (Fsp3) is 0.259. The van der Waals surface area contributed by atoms with Crippen LogP contribution in [-0.4, -0.2) is 55.5 Å². The van der Waals surface area contributed by atoms with Gasteiger partial charge in [-0.05, 0) is 67.4 Å². The van der Waals surface area contributed by atoms with Crippen molar-refractivity contribution in [1.29, 1.82) is 0 Å². The van der Waals surface area contributed by atoms with E-state index in [0.717, 1.165) is 15.4 Å². The van der Waals surface area contributed by atoms with Crippen LogP contribution in [0.2, 0.25) is 0 Å². The summed E-state index contributed by atoms with van der Waals surface area (Å²) >= 11 is 0. The molecule has 0 aliphatic carbocycles. The van der Waals surface area contributed by atoms with Crippen molar-refractivity contribution in [1.82, 2.24) is 5.43 Å². The molecule has 1 amide bonds. The van der Waals surface area contributed by atoms with E-state index in [1.54, 1.807) is 30.3 Å². The fourth-order valence-corrected chi connectivity index (χ4v) is 5.21. The normalized spacial score (nSPS) is 11.2. The number of hydrogen-bond acceptors (Lipinski definition) is 8. The predicted octanol–water partition coefficient (Wildman–Crippen LogP) is 3.68. The van der Waals surface area contributed by atoms with E-state index in [1.165, 1.54) is 52.9 Å². The lowest BCUT2D eigenvalue weighted by molar-refractivity contribution is -0.119. The molecule has 0 aliphatic heterocycles. The second-order valence-electron chi connectivity index (χ2n) is 8.28. The van der Waals surface area contributed by atoms with Crippen molar-refractivity contribution in [2.45, 2.75) is 18.7 Å². The highest BCUT2D eigenvalue weighted by Gasteiger charge is 2.28. The summed E-state index contributed by atoms with van der Waals surface area (Å²) in [6.45, 7) is 3.18. The number of anilines is 1. The molecule has 0 heterocycles. The molecule has 202 valence electrons. The van der Waals surface area contributed by atoms with Crippen LogP contribution < -0.4 is 28.7 Å². The third kappa shape index (κ3) is 6.54. The van der Waals surface area contributed by atoms with E-state index in [0.29, 0.717) is 28.5 Å². The summed E-state index contributed by atoms with van der Waals surface area (Å²) in [5.41, 5.74) is 4.99. The first-order chi connectivity index (χ1) is 18.1. The first-order valence-corrected chi connectivity index (χ1v) is 12.9. The topological polar surface area (TPSA) is 116 Å². The van der Waals surface area contributed by atoms with Crippen LogP contribution in [-0.2, 0) is 14.8 Å². The van der Waals surface area contributed by atoms with Gasteiger partial charge in [0.1, 0.15) is 18.0 Å². The van der Waals surface area contributed by atoms with Gasteiger partial charge in [0, 0.05) is 11.6 Å². The first kappa shape index (κ1) is 28.3. The second kappa shape index (κ2) is 12.3. The number of nitrogens with zero attached hydrogens (tertiary/aromatic N) is 2. The molecule has 0 saturated carbocycles. The Hall–Kier alpha value is -4.25. The zero-order valence-corrected chi connectivity index (χ0v) is 23.0. The second-order valence-corrected chi connectivity index (χ2v) is 10.1. The number of hydrazone groups is 1. The van der Waals surface area contributed by atoms with Crippen LogP contribution in [0.4, 0.5) is 5.69 Å².